The van der Waals surface area contributed by atoms with Crippen molar-refractivity contribution in [2.24, 2.45) is 0 Å². The molecule has 5 rings (SSSR count). The third-order valence-electron chi connectivity index (χ3n) is 7.08. The molecule has 0 spiro atoms. The quantitative estimate of drug-likeness (QED) is 0.457. The van der Waals surface area contributed by atoms with E-state index in [0.717, 1.165) is 58.2 Å². The molecule has 0 N–H and O–H groups in total. The van der Waals surface area contributed by atoms with E-state index in [9.17, 15) is 0 Å². The van der Waals surface area contributed by atoms with Crippen LogP contribution in [0.5, 0.6) is 5.75 Å². The van der Waals surface area contributed by atoms with Crippen LogP contribution < -0.4 is 4.74 Å². The van der Waals surface area contributed by atoms with Crippen LogP contribution in [0.4, 0.5) is 0 Å². The number of morpholine rings is 1. The first-order valence-corrected chi connectivity index (χ1v) is 13.0. The highest BCUT2D eigenvalue weighted by Crippen LogP contribution is 2.45. The van der Waals surface area contributed by atoms with Crippen molar-refractivity contribution < 1.29 is 9.47 Å². The standard InChI is InChI=1S/C26H34N2O2S/c1-31-22-8-5-20(6-9-22)25-19-28-12-2-4-26(28)24-18-21(7-10-23(24)25)30-15-3-11-27-13-16-29-17-14-27/h5-10,18,25-26H,2-4,11-17,19H2,1H3/t25-,26?/m0/s1. The summed E-state index contributed by atoms with van der Waals surface area (Å²) < 4.78 is 11.6. The number of hydrogen-bond acceptors (Lipinski definition) is 5. The van der Waals surface area contributed by atoms with Gasteiger partial charge in [-0.2, -0.15) is 0 Å². The average Bonchev–Trinajstić information content (AvgIpc) is 3.31. The van der Waals surface area contributed by atoms with Gasteiger partial charge in [-0.05, 0) is 73.0 Å². The molecule has 3 aliphatic rings. The average molecular weight is 439 g/mol. The summed E-state index contributed by atoms with van der Waals surface area (Å²) in [7, 11) is 0. The van der Waals surface area contributed by atoms with E-state index in [4.69, 9.17) is 9.47 Å². The Bertz CT molecular complexity index is 866. The zero-order chi connectivity index (χ0) is 21.0. The topological polar surface area (TPSA) is 24.9 Å². The molecule has 2 aromatic carbocycles. The number of rotatable bonds is 7. The van der Waals surface area contributed by atoms with E-state index in [1.54, 1.807) is 0 Å². The monoisotopic (exact) mass is 438 g/mol. The van der Waals surface area contributed by atoms with E-state index in [-0.39, 0.29) is 0 Å². The van der Waals surface area contributed by atoms with E-state index in [2.05, 4.69) is 58.5 Å². The molecule has 3 heterocycles. The van der Waals surface area contributed by atoms with E-state index >= 15 is 0 Å². The van der Waals surface area contributed by atoms with Gasteiger partial charge in [0.2, 0.25) is 0 Å². The maximum absolute atomic E-state index is 6.20. The summed E-state index contributed by atoms with van der Waals surface area (Å²) in [5.74, 6) is 1.49. The van der Waals surface area contributed by atoms with Crippen molar-refractivity contribution in [3.8, 4) is 5.75 Å². The minimum atomic E-state index is 0.454. The van der Waals surface area contributed by atoms with Crippen LogP contribution >= 0.6 is 11.8 Å². The first-order chi connectivity index (χ1) is 15.3. The Balaban J connectivity index is 1.29. The van der Waals surface area contributed by atoms with Crippen LogP contribution in [-0.4, -0.2) is 68.6 Å². The molecule has 0 bridgehead atoms. The summed E-state index contributed by atoms with van der Waals surface area (Å²) in [6.07, 6.45) is 5.78. The van der Waals surface area contributed by atoms with Crippen LogP contribution in [0.2, 0.25) is 0 Å². The van der Waals surface area contributed by atoms with Gasteiger partial charge in [0.1, 0.15) is 5.75 Å². The van der Waals surface area contributed by atoms with Gasteiger partial charge in [0.15, 0.2) is 0 Å². The molecule has 2 atom stereocenters. The Labute approximate surface area is 190 Å². The van der Waals surface area contributed by atoms with Gasteiger partial charge in [-0.25, -0.2) is 0 Å². The zero-order valence-electron chi connectivity index (χ0n) is 18.6. The van der Waals surface area contributed by atoms with Crippen molar-refractivity contribution in [2.75, 3.05) is 58.8 Å². The molecule has 1 unspecified atom stereocenters. The van der Waals surface area contributed by atoms with Crippen molar-refractivity contribution >= 4 is 11.8 Å². The second kappa shape index (κ2) is 9.95. The van der Waals surface area contributed by atoms with Crippen LogP contribution in [-0.2, 0) is 4.74 Å². The maximum atomic E-state index is 6.20. The molecule has 2 fully saturated rings. The van der Waals surface area contributed by atoms with Crippen molar-refractivity contribution in [3.63, 3.8) is 0 Å². The van der Waals surface area contributed by atoms with Gasteiger partial charge in [-0.1, -0.05) is 18.2 Å². The first-order valence-electron chi connectivity index (χ1n) is 11.8. The maximum Gasteiger partial charge on any atom is 0.119 e. The lowest BCUT2D eigenvalue weighted by Gasteiger charge is -2.37. The minimum absolute atomic E-state index is 0.454. The van der Waals surface area contributed by atoms with Gasteiger partial charge in [-0.3, -0.25) is 9.80 Å². The summed E-state index contributed by atoms with van der Waals surface area (Å²) >= 11 is 1.81. The molecule has 0 aliphatic carbocycles. The first kappa shape index (κ1) is 21.3. The molecule has 3 aliphatic heterocycles. The number of benzene rings is 2. The fraction of sp³-hybridized carbons (Fsp3) is 0.538. The molecule has 2 saturated heterocycles. The lowest BCUT2D eigenvalue weighted by Crippen LogP contribution is -2.37. The Morgan fingerprint density at radius 2 is 1.87 bits per heavy atom. The second-order valence-corrected chi connectivity index (χ2v) is 9.81. The summed E-state index contributed by atoms with van der Waals surface area (Å²) in [6, 6.07) is 16.6. The molecule has 0 amide bonds. The smallest absolute Gasteiger partial charge is 0.119 e. The van der Waals surface area contributed by atoms with Crippen LogP contribution in [0, 0.1) is 0 Å². The van der Waals surface area contributed by atoms with Gasteiger partial charge in [-0.15, -0.1) is 11.8 Å². The predicted octanol–water partition coefficient (Wildman–Crippen LogP) is 4.79. The predicted molar refractivity (Wildman–Crippen MR) is 127 cm³/mol. The number of fused-ring (bicyclic) bond motifs is 3. The van der Waals surface area contributed by atoms with Gasteiger partial charge < -0.3 is 9.47 Å². The molecule has 0 aromatic heterocycles. The van der Waals surface area contributed by atoms with E-state index in [1.807, 2.05) is 11.8 Å². The Morgan fingerprint density at radius 3 is 2.68 bits per heavy atom. The fourth-order valence-corrected chi connectivity index (χ4v) is 5.81. The molecule has 166 valence electrons. The third-order valence-corrected chi connectivity index (χ3v) is 7.83. The number of nitrogens with zero attached hydrogens (tertiary/aromatic N) is 2. The highest BCUT2D eigenvalue weighted by atomic mass is 32.2. The summed E-state index contributed by atoms with van der Waals surface area (Å²) in [6.45, 7) is 8.06. The van der Waals surface area contributed by atoms with Gasteiger partial charge in [0.25, 0.3) is 0 Å². The summed E-state index contributed by atoms with van der Waals surface area (Å²) in [5.41, 5.74) is 4.43. The molecule has 0 radical (unpaired) electrons. The van der Waals surface area contributed by atoms with Crippen LogP contribution in [0.3, 0.4) is 0 Å². The molecule has 2 aromatic rings. The lowest BCUT2D eigenvalue weighted by atomic mass is 9.81. The van der Waals surface area contributed by atoms with Crippen LogP contribution in [0.15, 0.2) is 47.4 Å². The highest BCUT2D eigenvalue weighted by molar-refractivity contribution is 7.98. The summed E-state index contributed by atoms with van der Waals surface area (Å²) in [5, 5.41) is 0. The lowest BCUT2D eigenvalue weighted by molar-refractivity contribution is 0.0358. The molecular weight excluding hydrogens is 404 g/mol. The van der Waals surface area contributed by atoms with Gasteiger partial charge in [0.05, 0.1) is 19.8 Å². The molecule has 4 nitrogen and oxygen atoms in total. The zero-order valence-corrected chi connectivity index (χ0v) is 19.4. The van der Waals surface area contributed by atoms with Crippen LogP contribution in [0.1, 0.15) is 47.9 Å². The molecular formula is C26H34N2O2S. The van der Waals surface area contributed by atoms with E-state index in [1.165, 1.54) is 41.0 Å². The largest absolute Gasteiger partial charge is 0.494 e. The van der Waals surface area contributed by atoms with Crippen molar-refractivity contribution in [2.45, 2.75) is 36.1 Å². The molecule has 0 saturated carbocycles. The van der Waals surface area contributed by atoms with Gasteiger partial charge in [0, 0.05) is 43.0 Å². The van der Waals surface area contributed by atoms with E-state index in [0.29, 0.717) is 12.0 Å². The number of thioether (sulfide) groups is 1. The highest BCUT2D eigenvalue weighted by Gasteiger charge is 2.36. The SMILES string of the molecule is CSc1ccc([C@@H]2CN3CCCC3c3cc(OCCCN4CCOCC4)ccc32)cc1. The van der Waals surface area contributed by atoms with Crippen molar-refractivity contribution in [3.05, 3.63) is 59.2 Å². The van der Waals surface area contributed by atoms with Crippen LogP contribution in [0.25, 0.3) is 0 Å². The Morgan fingerprint density at radius 1 is 1.03 bits per heavy atom. The van der Waals surface area contributed by atoms with Gasteiger partial charge >= 0.3 is 0 Å². The Kier molecular flexibility index (Phi) is 6.84. The molecule has 31 heavy (non-hydrogen) atoms. The fourth-order valence-electron chi connectivity index (χ4n) is 5.40. The number of ether oxygens (including phenoxy) is 2. The number of hydrogen-bond donors (Lipinski definition) is 0. The second-order valence-electron chi connectivity index (χ2n) is 8.93. The minimum Gasteiger partial charge on any atom is -0.494 e. The summed E-state index contributed by atoms with van der Waals surface area (Å²) in [4.78, 5) is 6.50. The molecule has 5 heteroatoms. The third kappa shape index (κ3) is 4.80. The Hall–Kier alpha value is -1.53. The van der Waals surface area contributed by atoms with E-state index < -0.39 is 0 Å². The normalized spacial score (nSPS) is 24.0. The van der Waals surface area contributed by atoms with Crippen molar-refractivity contribution in [1.29, 1.82) is 0 Å². The van der Waals surface area contributed by atoms with Crippen molar-refractivity contribution in [1.82, 2.24) is 9.80 Å².